The highest BCUT2D eigenvalue weighted by molar-refractivity contribution is 5.94. The molecule has 0 amide bonds. The van der Waals surface area contributed by atoms with E-state index >= 15 is 0 Å². The Morgan fingerprint density at radius 3 is 2.58 bits per heavy atom. The minimum absolute atomic E-state index is 0.0147. The van der Waals surface area contributed by atoms with Crippen LogP contribution in [0.25, 0.3) is 0 Å². The van der Waals surface area contributed by atoms with E-state index in [2.05, 4.69) is 0 Å². The SMILES string of the molecule is CCc1ccc(C(=O)C(C)C)o1. The Bertz CT molecular complexity index is 271. The van der Waals surface area contributed by atoms with Gasteiger partial charge in [-0.15, -0.1) is 0 Å². The Balaban J connectivity index is 2.82. The number of hydrogen-bond acceptors (Lipinski definition) is 2. The summed E-state index contributed by atoms with van der Waals surface area (Å²) in [7, 11) is 0. The van der Waals surface area contributed by atoms with Gasteiger partial charge in [-0.3, -0.25) is 4.79 Å². The minimum Gasteiger partial charge on any atom is -0.458 e. The van der Waals surface area contributed by atoms with Gasteiger partial charge in [-0.25, -0.2) is 0 Å². The van der Waals surface area contributed by atoms with Crippen molar-refractivity contribution >= 4 is 5.78 Å². The lowest BCUT2D eigenvalue weighted by Gasteiger charge is -1.98. The largest absolute Gasteiger partial charge is 0.458 e. The molecule has 1 rings (SSSR count). The average Bonchev–Trinajstić information content (AvgIpc) is 2.50. The molecule has 1 aromatic rings. The summed E-state index contributed by atoms with van der Waals surface area (Å²) in [6.07, 6.45) is 0.839. The number of hydrogen-bond donors (Lipinski definition) is 0. The molecule has 0 aromatic carbocycles. The van der Waals surface area contributed by atoms with Crippen LogP contribution in [0.15, 0.2) is 16.5 Å². The third-order valence-electron chi connectivity index (χ3n) is 1.78. The first-order valence-corrected chi connectivity index (χ1v) is 4.28. The van der Waals surface area contributed by atoms with Crippen LogP contribution in [0.4, 0.5) is 0 Å². The van der Waals surface area contributed by atoms with E-state index < -0.39 is 0 Å². The smallest absolute Gasteiger partial charge is 0.200 e. The van der Waals surface area contributed by atoms with Crippen molar-refractivity contribution < 1.29 is 9.21 Å². The summed E-state index contributed by atoms with van der Waals surface area (Å²) in [6.45, 7) is 5.75. The van der Waals surface area contributed by atoms with Crippen LogP contribution < -0.4 is 0 Å². The second kappa shape index (κ2) is 3.57. The number of carbonyl (C=O) groups is 1. The van der Waals surface area contributed by atoms with E-state index in [0.717, 1.165) is 12.2 Å². The van der Waals surface area contributed by atoms with Crippen LogP contribution in [0, 0.1) is 5.92 Å². The lowest BCUT2D eigenvalue weighted by molar-refractivity contribution is 0.0910. The lowest BCUT2D eigenvalue weighted by atomic mass is 10.1. The molecule has 1 aromatic heterocycles. The third kappa shape index (κ3) is 1.76. The number of ketones is 1. The number of Topliss-reactive ketones (excluding diaryl/α,β-unsaturated/α-hetero) is 1. The molecule has 2 nitrogen and oxygen atoms in total. The standard InChI is InChI=1S/C10H14O2/c1-4-8-5-6-9(12-8)10(11)7(2)3/h5-7H,4H2,1-3H3. The molecule has 1 heterocycles. The Kier molecular flexibility index (Phi) is 2.69. The van der Waals surface area contributed by atoms with Crippen LogP contribution in [-0.2, 0) is 6.42 Å². The first-order valence-electron chi connectivity index (χ1n) is 4.28. The van der Waals surface area contributed by atoms with E-state index in [-0.39, 0.29) is 11.7 Å². The van der Waals surface area contributed by atoms with Crippen LogP contribution in [0.5, 0.6) is 0 Å². The maximum Gasteiger partial charge on any atom is 0.200 e. The van der Waals surface area contributed by atoms with E-state index in [4.69, 9.17) is 4.42 Å². The van der Waals surface area contributed by atoms with Gasteiger partial charge in [0.15, 0.2) is 5.76 Å². The fourth-order valence-electron chi connectivity index (χ4n) is 0.985. The van der Waals surface area contributed by atoms with Gasteiger partial charge in [0.05, 0.1) is 0 Å². The molecule has 12 heavy (non-hydrogen) atoms. The van der Waals surface area contributed by atoms with E-state index in [1.54, 1.807) is 6.07 Å². The van der Waals surface area contributed by atoms with Crippen LogP contribution in [-0.4, -0.2) is 5.78 Å². The Labute approximate surface area is 72.6 Å². The molecule has 0 unspecified atom stereocenters. The maximum absolute atomic E-state index is 11.4. The summed E-state index contributed by atoms with van der Waals surface area (Å²) in [5.74, 6) is 1.46. The third-order valence-corrected chi connectivity index (χ3v) is 1.78. The molecule has 0 saturated carbocycles. The normalized spacial score (nSPS) is 10.7. The van der Waals surface area contributed by atoms with Gasteiger partial charge in [0.2, 0.25) is 5.78 Å². The molecule has 0 fully saturated rings. The van der Waals surface area contributed by atoms with Crippen molar-refractivity contribution in [3.63, 3.8) is 0 Å². The van der Waals surface area contributed by atoms with Crippen molar-refractivity contribution in [2.75, 3.05) is 0 Å². The lowest BCUT2D eigenvalue weighted by Crippen LogP contribution is -2.05. The van der Waals surface area contributed by atoms with Crippen LogP contribution >= 0.6 is 0 Å². The molecule has 2 heteroatoms. The second-order valence-corrected chi connectivity index (χ2v) is 3.14. The van der Waals surface area contributed by atoms with Gasteiger partial charge in [-0.1, -0.05) is 20.8 Å². The van der Waals surface area contributed by atoms with Gasteiger partial charge >= 0.3 is 0 Å². The van der Waals surface area contributed by atoms with Crippen LogP contribution in [0.3, 0.4) is 0 Å². The monoisotopic (exact) mass is 166 g/mol. The zero-order chi connectivity index (χ0) is 9.14. The summed E-state index contributed by atoms with van der Waals surface area (Å²) in [6, 6.07) is 3.61. The first kappa shape index (κ1) is 9.04. The van der Waals surface area contributed by atoms with E-state index in [1.807, 2.05) is 26.8 Å². The molecule has 0 aliphatic rings. The molecule has 0 radical (unpaired) electrons. The van der Waals surface area contributed by atoms with Crippen molar-refractivity contribution in [3.8, 4) is 0 Å². The predicted octanol–water partition coefficient (Wildman–Crippen LogP) is 2.68. The number of furan rings is 1. The second-order valence-electron chi connectivity index (χ2n) is 3.14. The molecule has 0 spiro atoms. The molecule has 0 atom stereocenters. The summed E-state index contributed by atoms with van der Waals surface area (Å²) in [4.78, 5) is 11.4. The van der Waals surface area contributed by atoms with Gasteiger partial charge in [0.1, 0.15) is 5.76 Å². The highest BCUT2D eigenvalue weighted by atomic mass is 16.3. The topological polar surface area (TPSA) is 30.2 Å². The van der Waals surface area contributed by atoms with Crippen molar-refractivity contribution in [1.29, 1.82) is 0 Å². The maximum atomic E-state index is 11.4. The molecule has 0 saturated heterocycles. The zero-order valence-electron chi connectivity index (χ0n) is 7.76. The zero-order valence-corrected chi connectivity index (χ0v) is 7.76. The van der Waals surface area contributed by atoms with Gasteiger partial charge in [-0.2, -0.15) is 0 Å². The molecule has 0 aliphatic carbocycles. The molecule has 0 aliphatic heterocycles. The summed E-state index contributed by atoms with van der Waals surface area (Å²) >= 11 is 0. The molecular weight excluding hydrogens is 152 g/mol. The fourth-order valence-corrected chi connectivity index (χ4v) is 0.985. The molecule has 66 valence electrons. The predicted molar refractivity (Wildman–Crippen MR) is 47.3 cm³/mol. The number of carbonyl (C=O) groups excluding carboxylic acids is 1. The van der Waals surface area contributed by atoms with E-state index in [0.29, 0.717) is 5.76 Å². The molecular formula is C10H14O2. The number of aryl methyl sites for hydroxylation is 1. The quantitative estimate of drug-likeness (QED) is 0.646. The van der Waals surface area contributed by atoms with Crippen LogP contribution in [0.2, 0.25) is 0 Å². The Morgan fingerprint density at radius 1 is 1.50 bits per heavy atom. The summed E-state index contributed by atoms with van der Waals surface area (Å²) in [5, 5.41) is 0. The van der Waals surface area contributed by atoms with Crippen molar-refractivity contribution in [2.24, 2.45) is 5.92 Å². The summed E-state index contributed by atoms with van der Waals surface area (Å²) in [5.41, 5.74) is 0. The van der Waals surface area contributed by atoms with Crippen molar-refractivity contribution in [3.05, 3.63) is 23.7 Å². The minimum atomic E-state index is 0.0147. The first-order chi connectivity index (χ1) is 5.65. The number of rotatable bonds is 3. The molecule has 0 N–H and O–H groups in total. The van der Waals surface area contributed by atoms with E-state index in [1.165, 1.54) is 0 Å². The summed E-state index contributed by atoms with van der Waals surface area (Å²) < 4.78 is 5.31. The van der Waals surface area contributed by atoms with Gasteiger partial charge in [-0.05, 0) is 12.1 Å². The average molecular weight is 166 g/mol. The Hall–Kier alpha value is -1.05. The Morgan fingerprint density at radius 2 is 2.17 bits per heavy atom. The molecule has 0 bridgehead atoms. The fraction of sp³-hybridized carbons (Fsp3) is 0.500. The highest BCUT2D eigenvalue weighted by Crippen LogP contribution is 2.12. The van der Waals surface area contributed by atoms with Crippen LogP contribution in [0.1, 0.15) is 37.1 Å². The van der Waals surface area contributed by atoms with Crippen molar-refractivity contribution in [1.82, 2.24) is 0 Å². The van der Waals surface area contributed by atoms with Gasteiger partial charge in [0, 0.05) is 12.3 Å². The van der Waals surface area contributed by atoms with Gasteiger partial charge < -0.3 is 4.42 Å². The highest BCUT2D eigenvalue weighted by Gasteiger charge is 2.13. The van der Waals surface area contributed by atoms with E-state index in [9.17, 15) is 4.79 Å². The van der Waals surface area contributed by atoms with Crippen molar-refractivity contribution in [2.45, 2.75) is 27.2 Å². The van der Waals surface area contributed by atoms with Gasteiger partial charge in [0.25, 0.3) is 0 Å².